The standard InChI is InChI=1S/C12H19BrN2O/c1-3-8-16-9-4-6-14-12-11(13)10(2)5-7-15-12/h5,7H,3-4,6,8-9H2,1-2H3,(H,14,15). The molecule has 1 rings (SSSR count). The molecule has 16 heavy (non-hydrogen) atoms. The minimum absolute atomic E-state index is 0.810. The van der Waals surface area contributed by atoms with Crippen molar-refractivity contribution in [2.45, 2.75) is 26.7 Å². The second-order valence-corrected chi connectivity index (χ2v) is 4.48. The molecular formula is C12H19BrN2O. The fourth-order valence-electron chi connectivity index (χ4n) is 1.29. The predicted octanol–water partition coefficient (Wildman–Crippen LogP) is 3.38. The quantitative estimate of drug-likeness (QED) is 0.781. The smallest absolute Gasteiger partial charge is 0.140 e. The Hall–Kier alpha value is -0.610. The van der Waals surface area contributed by atoms with Gasteiger partial charge in [-0.2, -0.15) is 0 Å². The van der Waals surface area contributed by atoms with Crippen LogP contribution in [0.4, 0.5) is 5.82 Å². The molecule has 0 aliphatic rings. The highest BCUT2D eigenvalue weighted by molar-refractivity contribution is 9.10. The molecule has 0 aliphatic heterocycles. The number of anilines is 1. The minimum Gasteiger partial charge on any atom is -0.381 e. The summed E-state index contributed by atoms with van der Waals surface area (Å²) in [5.74, 6) is 0.912. The van der Waals surface area contributed by atoms with Gasteiger partial charge >= 0.3 is 0 Å². The molecule has 0 aliphatic carbocycles. The number of nitrogens with one attached hydrogen (secondary N) is 1. The van der Waals surface area contributed by atoms with E-state index in [9.17, 15) is 0 Å². The number of nitrogens with zero attached hydrogens (tertiary/aromatic N) is 1. The Balaban J connectivity index is 2.24. The van der Waals surface area contributed by atoms with Gasteiger partial charge in [0.25, 0.3) is 0 Å². The lowest BCUT2D eigenvalue weighted by molar-refractivity contribution is 0.134. The largest absolute Gasteiger partial charge is 0.381 e. The maximum Gasteiger partial charge on any atom is 0.140 e. The third-order valence-electron chi connectivity index (χ3n) is 2.19. The predicted molar refractivity (Wildman–Crippen MR) is 70.9 cm³/mol. The summed E-state index contributed by atoms with van der Waals surface area (Å²) < 4.78 is 6.45. The Morgan fingerprint density at radius 3 is 3.00 bits per heavy atom. The average Bonchev–Trinajstić information content (AvgIpc) is 2.29. The van der Waals surface area contributed by atoms with Crippen molar-refractivity contribution in [1.29, 1.82) is 0 Å². The molecule has 0 unspecified atom stereocenters. The van der Waals surface area contributed by atoms with Gasteiger partial charge < -0.3 is 10.1 Å². The summed E-state index contributed by atoms with van der Waals surface area (Å²) in [7, 11) is 0. The number of rotatable bonds is 7. The van der Waals surface area contributed by atoms with Gasteiger partial charge in [0.2, 0.25) is 0 Å². The monoisotopic (exact) mass is 286 g/mol. The molecule has 0 amide bonds. The zero-order valence-electron chi connectivity index (χ0n) is 9.92. The Bertz CT molecular complexity index is 318. The summed E-state index contributed by atoms with van der Waals surface area (Å²) in [6, 6.07) is 1.99. The van der Waals surface area contributed by atoms with Crippen molar-refractivity contribution in [1.82, 2.24) is 4.98 Å². The van der Waals surface area contributed by atoms with Crippen LogP contribution in [-0.4, -0.2) is 24.7 Å². The highest BCUT2D eigenvalue weighted by atomic mass is 79.9. The van der Waals surface area contributed by atoms with Crippen molar-refractivity contribution >= 4 is 21.7 Å². The summed E-state index contributed by atoms with van der Waals surface area (Å²) in [5, 5.41) is 3.29. The third kappa shape index (κ3) is 4.49. The van der Waals surface area contributed by atoms with Gasteiger partial charge in [-0.05, 0) is 47.3 Å². The molecule has 0 radical (unpaired) electrons. The number of ether oxygens (including phenoxy) is 1. The molecule has 0 saturated heterocycles. The lowest BCUT2D eigenvalue weighted by atomic mass is 10.3. The van der Waals surface area contributed by atoms with Crippen LogP contribution in [0.25, 0.3) is 0 Å². The van der Waals surface area contributed by atoms with Gasteiger partial charge in [0.05, 0.1) is 4.47 Å². The van der Waals surface area contributed by atoms with Crippen LogP contribution in [-0.2, 0) is 4.74 Å². The first-order valence-corrected chi connectivity index (χ1v) is 6.47. The van der Waals surface area contributed by atoms with Crippen molar-refractivity contribution < 1.29 is 4.74 Å². The topological polar surface area (TPSA) is 34.1 Å². The average molecular weight is 287 g/mol. The summed E-state index contributed by atoms with van der Waals surface area (Å²) in [6.07, 6.45) is 3.90. The maximum atomic E-state index is 5.40. The highest BCUT2D eigenvalue weighted by Gasteiger charge is 2.02. The second kappa shape index (κ2) is 7.63. The van der Waals surface area contributed by atoms with E-state index in [1.54, 1.807) is 0 Å². The molecule has 0 fully saturated rings. The Labute approximate surface area is 106 Å². The van der Waals surface area contributed by atoms with Crippen LogP contribution in [0.5, 0.6) is 0 Å². The van der Waals surface area contributed by atoms with Crippen LogP contribution < -0.4 is 5.32 Å². The van der Waals surface area contributed by atoms with Crippen LogP contribution in [0, 0.1) is 6.92 Å². The van der Waals surface area contributed by atoms with E-state index in [4.69, 9.17) is 4.74 Å². The minimum atomic E-state index is 0.810. The molecular weight excluding hydrogens is 268 g/mol. The lowest BCUT2D eigenvalue weighted by Gasteiger charge is -2.09. The van der Waals surface area contributed by atoms with Crippen molar-refractivity contribution in [2.75, 3.05) is 25.1 Å². The van der Waals surface area contributed by atoms with E-state index in [-0.39, 0.29) is 0 Å². The van der Waals surface area contributed by atoms with E-state index in [1.165, 1.54) is 5.56 Å². The first-order chi connectivity index (χ1) is 7.75. The van der Waals surface area contributed by atoms with Gasteiger partial charge in [-0.1, -0.05) is 6.92 Å². The van der Waals surface area contributed by atoms with Crippen LogP contribution in [0.3, 0.4) is 0 Å². The molecule has 1 heterocycles. The van der Waals surface area contributed by atoms with Gasteiger partial charge in [0.1, 0.15) is 5.82 Å². The first kappa shape index (κ1) is 13.5. The maximum absolute atomic E-state index is 5.40. The van der Waals surface area contributed by atoms with Crippen molar-refractivity contribution in [2.24, 2.45) is 0 Å². The molecule has 0 atom stereocenters. The van der Waals surface area contributed by atoms with Crippen LogP contribution in [0.1, 0.15) is 25.3 Å². The number of pyridine rings is 1. The molecule has 0 spiro atoms. The van der Waals surface area contributed by atoms with E-state index in [0.717, 1.165) is 42.9 Å². The summed E-state index contributed by atoms with van der Waals surface area (Å²) >= 11 is 3.52. The van der Waals surface area contributed by atoms with Crippen LogP contribution in [0.15, 0.2) is 16.7 Å². The number of halogens is 1. The molecule has 0 bridgehead atoms. The number of aryl methyl sites for hydroxylation is 1. The van der Waals surface area contributed by atoms with Gasteiger partial charge in [0, 0.05) is 26.0 Å². The highest BCUT2D eigenvalue weighted by Crippen LogP contribution is 2.22. The summed E-state index contributed by atoms with van der Waals surface area (Å²) in [6.45, 7) is 6.72. The lowest BCUT2D eigenvalue weighted by Crippen LogP contribution is -2.08. The molecule has 3 nitrogen and oxygen atoms in total. The fourth-order valence-corrected chi connectivity index (χ4v) is 1.67. The van der Waals surface area contributed by atoms with E-state index in [1.807, 2.05) is 12.3 Å². The van der Waals surface area contributed by atoms with Crippen LogP contribution >= 0.6 is 15.9 Å². The first-order valence-electron chi connectivity index (χ1n) is 5.68. The van der Waals surface area contributed by atoms with E-state index >= 15 is 0 Å². The zero-order valence-corrected chi connectivity index (χ0v) is 11.5. The van der Waals surface area contributed by atoms with Crippen molar-refractivity contribution in [3.8, 4) is 0 Å². The zero-order chi connectivity index (χ0) is 11.8. The van der Waals surface area contributed by atoms with Gasteiger partial charge in [-0.3, -0.25) is 0 Å². The van der Waals surface area contributed by atoms with Gasteiger partial charge in [-0.25, -0.2) is 4.98 Å². The molecule has 0 aromatic carbocycles. The molecule has 4 heteroatoms. The molecule has 0 saturated carbocycles. The molecule has 90 valence electrons. The van der Waals surface area contributed by atoms with E-state index < -0.39 is 0 Å². The van der Waals surface area contributed by atoms with Gasteiger partial charge in [-0.15, -0.1) is 0 Å². The fraction of sp³-hybridized carbons (Fsp3) is 0.583. The van der Waals surface area contributed by atoms with E-state index in [0.29, 0.717) is 0 Å². The number of aromatic nitrogens is 1. The SMILES string of the molecule is CCCOCCCNc1nccc(C)c1Br. The van der Waals surface area contributed by atoms with Gasteiger partial charge in [0.15, 0.2) is 0 Å². The van der Waals surface area contributed by atoms with E-state index in [2.05, 4.69) is 40.1 Å². The number of hydrogen-bond donors (Lipinski definition) is 1. The molecule has 1 aromatic heterocycles. The Morgan fingerprint density at radius 2 is 2.25 bits per heavy atom. The summed E-state index contributed by atoms with van der Waals surface area (Å²) in [4.78, 5) is 4.27. The Kier molecular flexibility index (Phi) is 6.42. The summed E-state index contributed by atoms with van der Waals surface area (Å²) in [5.41, 5.74) is 1.19. The Morgan fingerprint density at radius 1 is 1.44 bits per heavy atom. The van der Waals surface area contributed by atoms with Crippen molar-refractivity contribution in [3.63, 3.8) is 0 Å². The third-order valence-corrected chi connectivity index (χ3v) is 3.19. The number of hydrogen-bond acceptors (Lipinski definition) is 3. The molecule has 1 N–H and O–H groups in total. The van der Waals surface area contributed by atoms with Crippen LogP contribution in [0.2, 0.25) is 0 Å². The second-order valence-electron chi connectivity index (χ2n) is 3.68. The normalized spacial score (nSPS) is 10.4. The molecule has 1 aromatic rings. The van der Waals surface area contributed by atoms with Crippen molar-refractivity contribution in [3.05, 3.63) is 22.3 Å².